The first-order chi connectivity index (χ1) is 11.3. The molecule has 0 saturated carbocycles. The van der Waals surface area contributed by atoms with Gasteiger partial charge in [0.25, 0.3) is 5.91 Å². The number of benzene rings is 1. The van der Waals surface area contributed by atoms with Gasteiger partial charge in [0.1, 0.15) is 0 Å². The van der Waals surface area contributed by atoms with E-state index in [4.69, 9.17) is 0 Å². The van der Waals surface area contributed by atoms with Crippen LogP contribution in [0.15, 0.2) is 48.8 Å². The zero-order chi connectivity index (χ0) is 15.9. The lowest BCUT2D eigenvalue weighted by atomic mass is 10.1. The molecule has 0 unspecified atom stereocenters. The van der Waals surface area contributed by atoms with Crippen molar-refractivity contribution >= 4 is 5.91 Å². The van der Waals surface area contributed by atoms with Crippen molar-refractivity contribution in [2.75, 3.05) is 26.2 Å². The molecule has 0 bridgehead atoms. The second-order valence-electron chi connectivity index (χ2n) is 5.76. The van der Waals surface area contributed by atoms with Crippen LogP contribution in [0.1, 0.15) is 21.5 Å². The van der Waals surface area contributed by atoms with Crippen molar-refractivity contribution in [1.29, 1.82) is 0 Å². The predicted molar refractivity (Wildman–Crippen MR) is 90.0 cm³/mol. The van der Waals surface area contributed by atoms with Crippen molar-refractivity contribution in [1.82, 2.24) is 20.5 Å². The molecule has 1 aliphatic rings. The number of pyridine rings is 1. The summed E-state index contributed by atoms with van der Waals surface area (Å²) in [7, 11) is 0. The number of carbonyl (C=O) groups excluding carboxylic acids is 1. The van der Waals surface area contributed by atoms with E-state index in [0.29, 0.717) is 12.1 Å². The number of rotatable bonds is 5. The lowest BCUT2D eigenvalue weighted by Gasteiger charge is -2.27. The summed E-state index contributed by atoms with van der Waals surface area (Å²) in [6.45, 7) is 5.72. The Kier molecular flexibility index (Phi) is 5.34. The first-order valence-electron chi connectivity index (χ1n) is 8.00. The normalized spacial score (nSPS) is 15.3. The van der Waals surface area contributed by atoms with Crippen molar-refractivity contribution in [3.8, 4) is 0 Å². The highest BCUT2D eigenvalue weighted by molar-refractivity contribution is 5.94. The van der Waals surface area contributed by atoms with Gasteiger partial charge >= 0.3 is 0 Å². The molecule has 1 fully saturated rings. The Hall–Kier alpha value is -2.24. The summed E-state index contributed by atoms with van der Waals surface area (Å²) >= 11 is 0. The Bertz CT molecular complexity index is 621. The molecule has 1 aliphatic heterocycles. The third kappa shape index (κ3) is 4.61. The third-order valence-electron chi connectivity index (χ3n) is 4.03. The largest absolute Gasteiger partial charge is 0.348 e. The molecule has 1 amide bonds. The second-order valence-corrected chi connectivity index (χ2v) is 5.76. The van der Waals surface area contributed by atoms with Crippen LogP contribution >= 0.6 is 0 Å². The standard InChI is InChI=1S/C18H22N4O/c23-18(21-13-15-5-7-19-8-6-15)17-3-1-16(2-4-17)14-22-11-9-20-10-12-22/h1-8,20H,9-14H2,(H,21,23). The lowest BCUT2D eigenvalue weighted by molar-refractivity contribution is 0.0951. The van der Waals surface area contributed by atoms with E-state index in [9.17, 15) is 4.79 Å². The zero-order valence-electron chi connectivity index (χ0n) is 13.2. The fourth-order valence-corrected chi connectivity index (χ4v) is 2.67. The molecule has 1 saturated heterocycles. The first-order valence-corrected chi connectivity index (χ1v) is 8.00. The van der Waals surface area contributed by atoms with Crippen molar-refractivity contribution < 1.29 is 4.79 Å². The number of amides is 1. The van der Waals surface area contributed by atoms with Crippen LogP contribution in [-0.4, -0.2) is 42.0 Å². The molecular formula is C18H22N4O. The molecule has 1 aromatic carbocycles. The van der Waals surface area contributed by atoms with Gasteiger partial charge < -0.3 is 10.6 Å². The van der Waals surface area contributed by atoms with E-state index in [2.05, 4.69) is 20.5 Å². The van der Waals surface area contributed by atoms with Crippen LogP contribution in [0.2, 0.25) is 0 Å². The summed E-state index contributed by atoms with van der Waals surface area (Å²) < 4.78 is 0. The molecule has 3 rings (SSSR count). The van der Waals surface area contributed by atoms with Gasteiger partial charge in [-0.3, -0.25) is 14.7 Å². The van der Waals surface area contributed by atoms with E-state index in [0.717, 1.165) is 38.3 Å². The quantitative estimate of drug-likeness (QED) is 0.877. The molecule has 2 N–H and O–H groups in total. The Morgan fingerprint density at radius 1 is 1.04 bits per heavy atom. The topological polar surface area (TPSA) is 57.3 Å². The zero-order valence-corrected chi connectivity index (χ0v) is 13.2. The second kappa shape index (κ2) is 7.85. The summed E-state index contributed by atoms with van der Waals surface area (Å²) in [6.07, 6.45) is 3.46. The van der Waals surface area contributed by atoms with Crippen LogP contribution in [-0.2, 0) is 13.1 Å². The summed E-state index contributed by atoms with van der Waals surface area (Å²) in [5.41, 5.74) is 2.99. The molecule has 5 nitrogen and oxygen atoms in total. The van der Waals surface area contributed by atoms with E-state index < -0.39 is 0 Å². The van der Waals surface area contributed by atoms with Crippen molar-refractivity contribution in [3.05, 3.63) is 65.5 Å². The summed E-state index contributed by atoms with van der Waals surface area (Å²) in [6, 6.07) is 11.7. The van der Waals surface area contributed by atoms with E-state index in [1.165, 1.54) is 5.56 Å². The van der Waals surface area contributed by atoms with Crippen molar-refractivity contribution in [2.45, 2.75) is 13.1 Å². The maximum atomic E-state index is 12.2. The maximum absolute atomic E-state index is 12.2. The number of nitrogens with zero attached hydrogens (tertiary/aromatic N) is 2. The van der Waals surface area contributed by atoms with Gasteiger partial charge in [-0.1, -0.05) is 12.1 Å². The monoisotopic (exact) mass is 310 g/mol. The van der Waals surface area contributed by atoms with Crippen LogP contribution in [0, 0.1) is 0 Å². The average Bonchev–Trinajstić information content (AvgIpc) is 2.62. The van der Waals surface area contributed by atoms with Gasteiger partial charge in [-0.25, -0.2) is 0 Å². The number of hydrogen-bond acceptors (Lipinski definition) is 4. The molecule has 2 heterocycles. The van der Waals surface area contributed by atoms with Gasteiger partial charge in [0.2, 0.25) is 0 Å². The smallest absolute Gasteiger partial charge is 0.251 e. The van der Waals surface area contributed by atoms with Crippen LogP contribution in [0.5, 0.6) is 0 Å². The van der Waals surface area contributed by atoms with Gasteiger partial charge in [-0.05, 0) is 35.4 Å². The molecular weight excluding hydrogens is 288 g/mol. The molecule has 23 heavy (non-hydrogen) atoms. The highest BCUT2D eigenvalue weighted by atomic mass is 16.1. The van der Waals surface area contributed by atoms with Crippen LogP contribution in [0.3, 0.4) is 0 Å². The molecule has 5 heteroatoms. The number of aromatic nitrogens is 1. The van der Waals surface area contributed by atoms with Gasteiger partial charge in [0, 0.05) is 57.2 Å². The maximum Gasteiger partial charge on any atom is 0.251 e. The first kappa shape index (κ1) is 15.6. The minimum absolute atomic E-state index is 0.0458. The molecule has 0 spiro atoms. The number of piperazine rings is 1. The number of hydrogen-bond donors (Lipinski definition) is 2. The van der Waals surface area contributed by atoms with E-state index in [1.54, 1.807) is 12.4 Å². The molecule has 0 atom stereocenters. The Morgan fingerprint density at radius 3 is 2.43 bits per heavy atom. The lowest BCUT2D eigenvalue weighted by Crippen LogP contribution is -2.42. The highest BCUT2D eigenvalue weighted by Crippen LogP contribution is 2.09. The van der Waals surface area contributed by atoms with Crippen LogP contribution in [0.25, 0.3) is 0 Å². The van der Waals surface area contributed by atoms with Gasteiger partial charge in [0.15, 0.2) is 0 Å². The molecule has 0 radical (unpaired) electrons. The Morgan fingerprint density at radius 2 is 1.74 bits per heavy atom. The molecule has 0 aliphatic carbocycles. The summed E-state index contributed by atoms with van der Waals surface area (Å²) in [4.78, 5) is 18.6. The van der Waals surface area contributed by atoms with Gasteiger partial charge in [-0.2, -0.15) is 0 Å². The van der Waals surface area contributed by atoms with Crippen molar-refractivity contribution in [2.24, 2.45) is 0 Å². The van der Waals surface area contributed by atoms with Crippen LogP contribution < -0.4 is 10.6 Å². The Labute approximate surface area is 136 Å². The molecule has 1 aromatic heterocycles. The molecule has 120 valence electrons. The van der Waals surface area contributed by atoms with Crippen molar-refractivity contribution in [3.63, 3.8) is 0 Å². The minimum Gasteiger partial charge on any atom is -0.348 e. The van der Waals surface area contributed by atoms with E-state index in [-0.39, 0.29) is 5.91 Å². The fraction of sp³-hybridized carbons (Fsp3) is 0.333. The van der Waals surface area contributed by atoms with E-state index in [1.807, 2.05) is 36.4 Å². The summed E-state index contributed by atoms with van der Waals surface area (Å²) in [5.74, 6) is -0.0458. The minimum atomic E-state index is -0.0458. The highest BCUT2D eigenvalue weighted by Gasteiger charge is 2.10. The van der Waals surface area contributed by atoms with Gasteiger partial charge in [0.05, 0.1) is 0 Å². The Balaban J connectivity index is 1.52. The number of carbonyl (C=O) groups is 1. The average molecular weight is 310 g/mol. The number of nitrogens with one attached hydrogen (secondary N) is 2. The van der Waals surface area contributed by atoms with Crippen LogP contribution in [0.4, 0.5) is 0 Å². The van der Waals surface area contributed by atoms with E-state index >= 15 is 0 Å². The van der Waals surface area contributed by atoms with Gasteiger partial charge in [-0.15, -0.1) is 0 Å². The summed E-state index contributed by atoms with van der Waals surface area (Å²) in [5, 5.41) is 6.28. The SMILES string of the molecule is O=C(NCc1ccncc1)c1ccc(CN2CCNCC2)cc1. The molecule has 2 aromatic rings. The third-order valence-corrected chi connectivity index (χ3v) is 4.03. The predicted octanol–water partition coefficient (Wildman–Crippen LogP) is 1.42. The fourth-order valence-electron chi connectivity index (χ4n) is 2.67.